The highest BCUT2D eigenvalue weighted by Gasteiger charge is 2.33. The van der Waals surface area contributed by atoms with Crippen LogP contribution in [0.1, 0.15) is 17.3 Å². The van der Waals surface area contributed by atoms with Gasteiger partial charge in [0.05, 0.1) is 8.59 Å². The molecule has 0 aromatic heterocycles. The van der Waals surface area contributed by atoms with Gasteiger partial charge in [-0.25, -0.2) is 0 Å². The summed E-state index contributed by atoms with van der Waals surface area (Å²) in [5.74, 6) is -0.962. The summed E-state index contributed by atoms with van der Waals surface area (Å²) in [5, 5.41) is -0.322. The van der Waals surface area contributed by atoms with Crippen molar-refractivity contribution in [2.75, 3.05) is 0 Å². The van der Waals surface area contributed by atoms with E-state index in [0.717, 1.165) is 0 Å². The molecule has 0 aliphatic heterocycles. The van der Waals surface area contributed by atoms with Gasteiger partial charge in [0.15, 0.2) is 11.5 Å². The van der Waals surface area contributed by atoms with Gasteiger partial charge >= 0.3 is 6.36 Å². The van der Waals surface area contributed by atoms with Crippen molar-refractivity contribution in [3.05, 3.63) is 26.3 Å². The number of Topliss-reactive ketones (excluding diaryl/α,β-unsaturated/α-hetero) is 1. The number of halogens is 5. The summed E-state index contributed by atoms with van der Waals surface area (Å²) in [6, 6.07) is 2.69. The van der Waals surface area contributed by atoms with Gasteiger partial charge in [-0.1, -0.05) is 11.6 Å². The summed E-state index contributed by atoms with van der Waals surface area (Å²) in [5.41, 5.74) is 0.00123. The second-order valence-electron chi connectivity index (χ2n) is 2.84. The van der Waals surface area contributed by atoms with Crippen LogP contribution in [0.5, 0.6) is 5.75 Å². The van der Waals surface area contributed by atoms with Crippen LogP contribution in [0.25, 0.3) is 0 Å². The van der Waals surface area contributed by atoms with E-state index in [9.17, 15) is 18.0 Å². The van der Waals surface area contributed by atoms with Crippen LogP contribution in [-0.2, 0) is 0 Å². The van der Waals surface area contributed by atoms with Crippen LogP contribution < -0.4 is 4.74 Å². The summed E-state index contributed by atoms with van der Waals surface area (Å²) in [4.78, 5) is 11.1. The molecular weight excluding hydrogens is 359 g/mol. The Morgan fingerprint density at radius 2 is 2.00 bits per heavy atom. The molecule has 0 bridgehead atoms. The summed E-state index contributed by atoms with van der Waals surface area (Å²) in [7, 11) is 0. The molecule has 88 valence electrons. The van der Waals surface area contributed by atoms with E-state index < -0.39 is 17.9 Å². The van der Waals surface area contributed by atoms with Crippen LogP contribution in [-0.4, -0.2) is 12.1 Å². The van der Waals surface area contributed by atoms with Crippen molar-refractivity contribution in [2.45, 2.75) is 13.3 Å². The SMILES string of the molecule is CC(=O)c1ccc(I)c(OC(F)(F)F)c1Cl. The van der Waals surface area contributed by atoms with Crippen molar-refractivity contribution in [1.82, 2.24) is 0 Å². The lowest BCUT2D eigenvalue weighted by molar-refractivity contribution is -0.274. The van der Waals surface area contributed by atoms with Gasteiger partial charge in [-0.15, -0.1) is 13.2 Å². The first-order valence-corrected chi connectivity index (χ1v) is 5.42. The minimum atomic E-state index is -4.83. The Morgan fingerprint density at radius 1 is 1.44 bits per heavy atom. The van der Waals surface area contributed by atoms with E-state index in [0.29, 0.717) is 0 Å². The molecule has 0 unspecified atom stereocenters. The molecule has 0 fully saturated rings. The van der Waals surface area contributed by atoms with Gasteiger partial charge in [0, 0.05) is 5.56 Å². The lowest BCUT2D eigenvalue weighted by atomic mass is 10.1. The molecule has 0 amide bonds. The number of alkyl halides is 3. The molecule has 0 spiro atoms. The molecule has 0 saturated carbocycles. The zero-order chi connectivity index (χ0) is 12.5. The van der Waals surface area contributed by atoms with Crippen molar-refractivity contribution < 1.29 is 22.7 Å². The predicted octanol–water partition coefficient (Wildman–Crippen LogP) is 4.05. The number of ether oxygens (including phenoxy) is 1. The van der Waals surface area contributed by atoms with E-state index in [1.165, 1.54) is 19.1 Å². The molecule has 0 aliphatic carbocycles. The third-order valence-electron chi connectivity index (χ3n) is 1.65. The second kappa shape index (κ2) is 4.79. The largest absolute Gasteiger partial charge is 0.573 e. The average Bonchev–Trinajstić information content (AvgIpc) is 2.10. The normalized spacial score (nSPS) is 11.4. The van der Waals surface area contributed by atoms with Gasteiger partial charge in [0.2, 0.25) is 0 Å². The van der Waals surface area contributed by atoms with Crippen molar-refractivity contribution in [3.8, 4) is 5.75 Å². The van der Waals surface area contributed by atoms with Crippen LogP contribution in [0.3, 0.4) is 0 Å². The molecule has 0 heterocycles. The van der Waals surface area contributed by atoms with Crippen molar-refractivity contribution in [1.29, 1.82) is 0 Å². The maximum atomic E-state index is 12.1. The maximum Gasteiger partial charge on any atom is 0.573 e. The standard InChI is InChI=1S/C9H5ClF3IO2/c1-4(15)5-2-3-6(14)8(7(5)10)16-9(11,12)13/h2-3H,1H3. The van der Waals surface area contributed by atoms with Crippen molar-refractivity contribution >= 4 is 40.0 Å². The highest BCUT2D eigenvalue weighted by Crippen LogP contribution is 2.36. The number of ketones is 1. The summed E-state index contributed by atoms with van der Waals surface area (Å²) in [6.45, 7) is 1.21. The molecule has 7 heteroatoms. The Morgan fingerprint density at radius 3 is 2.44 bits per heavy atom. The smallest absolute Gasteiger partial charge is 0.403 e. The molecule has 1 aromatic rings. The molecule has 16 heavy (non-hydrogen) atoms. The van der Waals surface area contributed by atoms with Gasteiger partial charge in [-0.05, 0) is 41.6 Å². The van der Waals surface area contributed by atoms with E-state index in [2.05, 4.69) is 4.74 Å². The first-order valence-electron chi connectivity index (χ1n) is 3.97. The van der Waals surface area contributed by atoms with Crippen LogP contribution in [0.15, 0.2) is 12.1 Å². The average molecular weight is 364 g/mol. The Labute approximate surface area is 108 Å². The lowest BCUT2D eigenvalue weighted by Gasteiger charge is -2.13. The third-order valence-corrected chi connectivity index (χ3v) is 2.87. The van der Waals surface area contributed by atoms with Gasteiger partial charge in [-0.2, -0.15) is 0 Å². The number of hydrogen-bond donors (Lipinski definition) is 0. The molecule has 0 saturated heterocycles. The van der Waals surface area contributed by atoms with Gasteiger partial charge in [0.25, 0.3) is 0 Å². The van der Waals surface area contributed by atoms with Gasteiger partial charge < -0.3 is 4.74 Å². The minimum Gasteiger partial charge on any atom is -0.403 e. The number of hydrogen-bond acceptors (Lipinski definition) is 2. The molecule has 1 aromatic carbocycles. The van der Waals surface area contributed by atoms with Crippen LogP contribution >= 0.6 is 34.2 Å². The van der Waals surface area contributed by atoms with Crippen LogP contribution in [0.4, 0.5) is 13.2 Å². The fourth-order valence-electron chi connectivity index (χ4n) is 1.01. The maximum absolute atomic E-state index is 12.1. The first-order chi connectivity index (χ1) is 7.22. The van der Waals surface area contributed by atoms with E-state index >= 15 is 0 Å². The topological polar surface area (TPSA) is 26.3 Å². The van der Waals surface area contributed by atoms with Crippen LogP contribution in [0, 0.1) is 3.57 Å². The minimum absolute atomic E-state index is 0.00123. The lowest BCUT2D eigenvalue weighted by Crippen LogP contribution is -2.18. The Balaban J connectivity index is 3.27. The van der Waals surface area contributed by atoms with Crippen molar-refractivity contribution in [2.24, 2.45) is 0 Å². The fourth-order valence-corrected chi connectivity index (χ4v) is 2.07. The molecule has 0 aliphatic rings. The number of carbonyl (C=O) groups is 1. The van der Waals surface area contributed by atoms with Gasteiger partial charge in [-0.3, -0.25) is 4.79 Å². The highest BCUT2D eigenvalue weighted by atomic mass is 127. The van der Waals surface area contributed by atoms with E-state index in [4.69, 9.17) is 11.6 Å². The van der Waals surface area contributed by atoms with E-state index in [1.54, 1.807) is 22.6 Å². The molecular formula is C9H5ClF3IO2. The predicted molar refractivity (Wildman–Crippen MR) is 60.9 cm³/mol. The second-order valence-corrected chi connectivity index (χ2v) is 4.38. The summed E-state index contributed by atoms with van der Waals surface area (Å²) < 4.78 is 40.1. The molecule has 0 radical (unpaired) electrons. The Bertz CT molecular complexity index is 431. The monoisotopic (exact) mass is 364 g/mol. The zero-order valence-corrected chi connectivity index (χ0v) is 10.8. The Hall–Kier alpha value is -0.500. The van der Waals surface area contributed by atoms with Gasteiger partial charge in [0.1, 0.15) is 0 Å². The summed E-state index contributed by atoms with van der Waals surface area (Å²) in [6.07, 6.45) is -4.83. The quantitative estimate of drug-likeness (QED) is 0.585. The molecule has 2 nitrogen and oxygen atoms in total. The molecule has 0 atom stereocenters. The first kappa shape index (κ1) is 13.6. The van der Waals surface area contributed by atoms with Crippen molar-refractivity contribution in [3.63, 3.8) is 0 Å². The highest BCUT2D eigenvalue weighted by molar-refractivity contribution is 14.1. The van der Waals surface area contributed by atoms with E-state index in [-0.39, 0.29) is 14.2 Å². The Kier molecular flexibility index (Phi) is 4.06. The zero-order valence-electron chi connectivity index (χ0n) is 7.86. The molecule has 1 rings (SSSR count). The van der Waals surface area contributed by atoms with Crippen LogP contribution in [0.2, 0.25) is 5.02 Å². The third kappa shape index (κ3) is 3.24. The number of benzene rings is 1. The molecule has 0 N–H and O–H groups in total. The number of rotatable bonds is 2. The number of carbonyl (C=O) groups excluding carboxylic acids is 1. The fraction of sp³-hybridized carbons (Fsp3) is 0.222. The summed E-state index contributed by atoms with van der Waals surface area (Å²) >= 11 is 7.31. The van der Waals surface area contributed by atoms with E-state index in [1.807, 2.05) is 0 Å².